The molecule has 1 amide bonds. The predicted octanol–water partition coefficient (Wildman–Crippen LogP) is 2.55. The highest BCUT2D eigenvalue weighted by Crippen LogP contribution is 2.30. The van der Waals surface area contributed by atoms with Crippen molar-refractivity contribution in [2.45, 2.75) is 32.7 Å². The maximum Gasteiger partial charge on any atom is 0.221 e. The average Bonchev–Trinajstić information content (AvgIpc) is 3.35. The second kappa shape index (κ2) is 8.77. The van der Waals surface area contributed by atoms with Crippen LogP contribution in [0, 0.1) is 6.92 Å². The first-order chi connectivity index (χ1) is 14.6. The molecule has 0 spiro atoms. The molecule has 0 unspecified atom stereocenters. The van der Waals surface area contributed by atoms with E-state index in [-0.39, 0.29) is 12.3 Å². The van der Waals surface area contributed by atoms with E-state index < -0.39 is 0 Å². The van der Waals surface area contributed by atoms with E-state index in [1.54, 1.807) is 0 Å². The van der Waals surface area contributed by atoms with Crippen molar-refractivity contribution >= 4 is 16.8 Å². The van der Waals surface area contributed by atoms with Gasteiger partial charge in [0.1, 0.15) is 5.75 Å². The van der Waals surface area contributed by atoms with Gasteiger partial charge in [0.25, 0.3) is 0 Å². The van der Waals surface area contributed by atoms with Crippen LogP contribution >= 0.6 is 0 Å². The highest BCUT2D eigenvalue weighted by Gasteiger charge is 2.17. The fraction of sp³-hybridized carbons (Fsp3) is 0.273. The maximum absolute atomic E-state index is 11.7. The smallest absolute Gasteiger partial charge is 0.221 e. The Labute approximate surface area is 174 Å². The standard InChI is InChI=1S/C22H24N6O2/c1-15-18(13-21(23)29)19-12-17(30-11-5-8-22-24-26-27-25-22)9-10-20(19)28(15)14-16-6-3-2-4-7-16/h2-4,6-7,9-10,12H,5,8,11,13-14H2,1H3,(H2,23,29)(H,24,25,26,27). The number of tetrazole rings is 1. The number of carbonyl (C=O) groups is 1. The minimum absolute atomic E-state index is 0.200. The third kappa shape index (κ3) is 4.32. The monoisotopic (exact) mass is 404 g/mol. The number of H-pyrrole nitrogens is 1. The van der Waals surface area contributed by atoms with Crippen LogP contribution in [0.1, 0.15) is 29.1 Å². The van der Waals surface area contributed by atoms with Crippen LogP contribution in [-0.2, 0) is 24.2 Å². The quantitative estimate of drug-likeness (QED) is 0.416. The summed E-state index contributed by atoms with van der Waals surface area (Å²) in [4.78, 5) is 11.7. The van der Waals surface area contributed by atoms with E-state index in [1.165, 1.54) is 5.56 Å². The molecular formula is C22H24N6O2. The number of rotatable bonds is 9. The molecule has 0 aliphatic rings. The van der Waals surface area contributed by atoms with E-state index in [0.29, 0.717) is 18.9 Å². The zero-order valence-electron chi connectivity index (χ0n) is 16.8. The molecule has 2 heterocycles. The van der Waals surface area contributed by atoms with E-state index in [2.05, 4.69) is 37.3 Å². The number of primary amides is 1. The van der Waals surface area contributed by atoms with Gasteiger partial charge in [-0.2, -0.15) is 5.21 Å². The largest absolute Gasteiger partial charge is 0.494 e. The number of fused-ring (bicyclic) bond motifs is 1. The van der Waals surface area contributed by atoms with Gasteiger partial charge >= 0.3 is 0 Å². The van der Waals surface area contributed by atoms with E-state index >= 15 is 0 Å². The second-order valence-electron chi connectivity index (χ2n) is 7.24. The van der Waals surface area contributed by atoms with Crippen LogP contribution in [0.5, 0.6) is 5.75 Å². The number of hydrogen-bond acceptors (Lipinski definition) is 5. The molecule has 154 valence electrons. The van der Waals surface area contributed by atoms with Crippen LogP contribution in [0.3, 0.4) is 0 Å². The summed E-state index contributed by atoms with van der Waals surface area (Å²) in [6.45, 7) is 3.30. The second-order valence-corrected chi connectivity index (χ2v) is 7.24. The highest BCUT2D eigenvalue weighted by atomic mass is 16.5. The number of ether oxygens (including phenoxy) is 1. The normalized spacial score (nSPS) is 11.1. The average molecular weight is 404 g/mol. The Morgan fingerprint density at radius 3 is 2.77 bits per heavy atom. The van der Waals surface area contributed by atoms with Gasteiger partial charge in [-0.1, -0.05) is 35.5 Å². The number of aromatic nitrogens is 5. The number of amides is 1. The van der Waals surface area contributed by atoms with Crippen molar-refractivity contribution in [3.8, 4) is 5.75 Å². The lowest BCUT2D eigenvalue weighted by Crippen LogP contribution is -2.14. The summed E-state index contributed by atoms with van der Waals surface area (Å²) < 4.78 is 8.15. The van der Waals surface area contributed by atoms with Crippen LogP contribution < -0.4 is 10.5 Å². The molecule has 0 radical (unpaired) electrons. The molecule has 0 saturated heterocycles. The minimum atomic E-state index is -0.344. The Balaban J connectivity index is 1.58. The molecule has 8 heteroatoms. The van der Waals surface area contributed by atoms with E-state index in [0.717, 1.165) is 40.9 Å². The van der Waals surface area contributed by atoms with Gasteiger partial charge in [-0.3, -0.25) is 4.79 Å². The first-order valence-corrected chi connectivity index (χ1v) is 9.91. The Morgan fingerprint density at radius 2 is 2.03 bits per heavy atom. The Kier molecular flexibility index (Phi) is 5.74. The van der Waals surface area contributed by atoms with E-state index in [1.807, 2.05) is 43.3 Å². The topological polar surface area (TPSA) is 112 Å². The van der Waals surface area contributed by atoms with Gasteiger partial charge in [0, 0.05) is 29.6 Å². The first kappa shape index (κ1) is 19.6. The van der Waals surface area contributed by atoms with Gasteiger partial charge in [-0.15, -0.1) is 10.2 Å². The molecule has 4 rings (SSSR count). The molecule has 4 aromatic rings. The van der Waals surface area contributed by atoms with Crippen molar-refractivity contribution in [2.24, 2.45) is 5.73 Å². The summed E-state index contributed by atoms with van der Waals surface area (Å²) in [5.74, 6) is 1.09. The molecule has 2 aromatic heterocycles. The van der Waals surface area contributed by atoms with Gasteiger partial charge in [-0.05, 0) is 42.7 Å². The Hall–Kier alpha value is -3.68. The lowest BCUT2D eigenvalue weighted by Gasteiger charge is -2.09. The lowest BCUT2D eigenvalue weighted by molar-refractivity contribution is -0.117. The molecule has 30 heavy (non-hydrogen) atoms. The summed E-state index contributed by atoms with van der Waals surface area (Å²) in [7, 11) is 0. The van der Waals surface area contributed by atoms with Crippen LogP contribution in [0.25, 0.3) is 10.9 Å². The number of nitrogens with zero attached hydrogens (tertiary/aromatic N) is 4. The van der Waals surface area contributed by atoms with Crippen LogP contribution in [0.4, 0.5) is 0 Å². The molecule has 0 saturated carbocycles. The fourth-order valence-electron chi connectivity index (χ4n) is 3.70. The van der Waals surface area contributed by atoms with Gasteiger partial charge < -0.3 is 15.0 Å². The van der Waals surface area contributed by atoms with E-state index in [9.17, 15) is 4.79 Å². The minimum Gasteiger partial charge on any atom is -0.494 e. The molecule has 0 aliphatic heterocycles. The van der Waals surface area contributed by atoms with Crippen LogP contribution in [0.15, 0.2) is 48.5 Å². The molecular weight excluding hydrogens is 380 g/mol. The molecule has 0 atom stereocenters. The van der Waals surface area contributed by atoms with Gasteiger partial charge in [0.15, 0.2) is 5.82 Å². The molecule has 0 aliphatic carbocycles. The third-order valence-electron chi connectivity index (χ3n) is 5.16. The fourth-order valence-corrected chi connectivity index (χ4v) is 3.70. The number of benzene rings is 2. The van der Waals surface area contributed by atoms with E-state index in [4.69, 9.17) is 10.5 Å². The molecule has 0 bridgehead atoms. The van der Waals surface area contributed by atoms with Gasteiger partial charge in [0.05, 0.1) is 13.0 Å². The zero-order valence-corrected chi connectivity index (χ0v) is 16.8. The van der Waals surface area contributed by atoms with Crippen molar-refractivity contribution in [2.75, 3.05) is 6.61 Å². The number of carbonyl (C=O) groups excluding carboxylic acids is 1. The van der Waals surface area contributed by atoms with Gasteiger partial charge in [0.2, 0.25) is 5.91 Å². The summed E-state index contributed by atoms with van der Waals surface area (Å²) in [5, 5.41) is 14.9. The number of nitrogens with two attached hydrogens (primary N) is 1. The zero-order chi connectivity index (χ0) is 20.9. The third-order valence-corrected chi connectivity index (χ3v) is 5.16. The SMILES string of the molecule is Cc1c(CC(N)=O)c2cc(OCCCc3nn[nH]n3)ccc2n1Cc1ccccc1. The van der Waals surface area contributed by atoms with Crippen LogP contribution in [-0.4, -0.2) is 37.7 Å². The summed E-state index contributed by atoms with van der Waals surface area (Å²) in [6.07, 6.45) is 1.67. The Bertz CT molecular complexity index is 1140. The van der Waals surface area contributed by atoms with Crippen molar-refractivity contribution in [3.05, 3.63) is 71.2 Å². The lowest BCUT2D eigenvalue weighted by atomic mass is 10.1. The van der Waals surface area contributed by atoms with Crippen molar-refractivity contribution in [1.29, 1.82) is 0 Å². The summed E-state index contributed by atoms with van der Waals surface area (Å²) in [6, 6.07) is 16.3. The Morgan fingerprint density at radius 1 is 1.20 bits per heavy atom. The highest BCUT2D eigenvalue weighted by molar-refractivity contribution is 5.91. The molecule has 3 N–H and O–H groups in total. The number of nitrogens with one attached hydrogen (secondary N) is 1. The number of hydrogen-bond donors (Lipinski definition) is 2. The molecule has 8 nitrogen and oxygen atoms in total. The van der Waals surface area contributed by atoms with Crippen LogP contribution in [0.2, 0.25) is 0 Å². The first-order valence-electron chi connectivity index (χ1n) is 9.91. The summed E-state index contributed by atoms with van der Waals surface area (Å²) >= 11 is 0. The molecule has 2 aromatic carbocycles. The predicted molar refractivity (Wildman–Crippen MR) is 113 cm³/mol. The number of aryl methyl sites for hydroxylation is 1. The van der Waals surface area contributed by atoms with Gasteiger partial charge in [-0.25, -0.2) is 0 Å². The maximum atomic E-state index is 11.7. The van der Waals surface area contributed by atoms with Crippen molar-refractivity contribution in [1.82, 2.24) is 25.2 Å². The molecule has 0 fully saturated rings. The van der Waals surface area contributed by atoms with Crippen molar-refractivity contribution < 1.29 is 9.53 Å². The number of aromatic amines is 1. The summed E-state index contributed by atoms with van der Waals surface area (Å²) in [5.41, 5.74) is 9.78. The van der Waals surface area contributed by atoms with Crippen molar-refractivity contribution in [3.63, 3.8) is 0 Å².